The number of hydrogen-bond donors (Lipinski definition) is 1. The van der Waals surface area contributed by atoms with Gasteiger partial charge in [-0.3, -0.25) is 0 Å². The second kappa shape index (κ2) is 3.19. The van der Waals surface area contributed by atoms with Crippen molar-refractivity contribution in [2.45, 2.75) is 13.8 Å². The van der Waals surface area contributed by atoms with Crippen molar-refractivity contribution >= 4 is 5.71 Å². The molecule has 0 heterocycles. The van der Waals surface area contributed by atoms with Gasteiger partial charge in [0.2, 0.25) is 0 Å². The molecule has 58 valence electrons. The Morgan fingerprint density at radius 2 is 2.00 bits per heavy atom. The summed E-state index contributed by atoms with van der Waals surface area (Å²) in [6.07, 6.45) is 0. The van der Waals surface area contributed by atoms with Crippen LogP contribution in [0.1, 0.15) is 18.1 Å². The van der Waals surface area contributed by atoms with Crippen molar-refractivity contribution in [1.82, 2.24) is 0 Å². The van der Waals surface area contributed by atoms with Crippen LogP contribution in [-0.4, -0.2) is 5.71 Å². The summed E-state index contributed by atoms with van der Waals surface area (Å²) in [5, 5.41) is 3.64. The SMILES string of the molecule is C/C(=N/N)c1ccccc1C. The molecule has 2 N–H and O–H groups in total. The van der Waals surface area contributed by atoms with Gasteiger partial charge in [0.15, 0.2) is 0 Å². The predicted molar refractivity (Wildman–Crippen MR) is 47.6 cm³/mol. The zero-order valence-corrected chi connectivity index (χ0v) is 6.83. The van der Waals surface area contributed by atoms with Crippen LogP contribution in [-0.2, 0) is 0 Å². The van der Waals surface area contributed by atoms with Crippen LogP contribution in [0.15, 0.2) is 29.4 Å². The summed E-state index contributed by atoms with van der Waals surface area (Å²) >= 11 is 0. The lowest BCUT2D eigenvalue weighted by molar-refractivity contribution is 1.23. The maximum atomic E-state index is 5.16. The molecule has 1 aromatic rings. The van der Waals surface area contributed by atoms with Crippen molar-refractivity contribution in [3.05, 3.63) is 35.4 Å². The fourth-order valence-corrected chi connectivity index (χ4v) is 1.05. The maximum absolute atomic E-state index is 5.16. The number of hydrazone groups is 1. The highest BCUT2D eigenvalue weighted by Crippen LogP contribution is 2.07. The summed E-state index contributed by atoms with van der Waals surface area (Å²) < 4.78 is 0. The van der Waals surface area contributed by atoms with Crippen molar-refractivity contribution in [2.75, 3.05) is 0 Å². The normalized spacial score (nSPS) is 11.6. The number of benzene rings is 1. The van der Waals surface area contributed by atoms with E-state index in [1.807, 2.05) is 38.1 Å². The molecule has 0 unspecified atom stereocenters. The Hall–Kier alpha value is -1.31. The van der Waals surface area contributed by atoms with Crippen LogP contribution in [0.2, 0.25) is 0 Å². The van der Waals surface area contributed by atoms with E-state index in [1.54, 1.807) is 0 Å². The average molecular weight is 148 g/mol. The molecule has 11 heavy (non-hydrogen) atoms. The number of hydrogen-bond acceptors (Lipinski definition) is 2. The molecular weight excluding hydrogens is 136 g/mol. The van der Waals surface area contributed by atoms with E-state index in [0.29, 0.717) is 0 Å². The van der Waals surface area contributed by atoms with Crippen molar-refractivity contribution in [2.24, 2.45) is 10.9 Å². The first-order valence-electron chi connectivity index (χ1n) is 3.56. The number of aryl methyl sites for hydroxylation is 1. The summed E-state index contributed by atoms with van der Waals surface area (Å²) in [6.45, 7) is 3.95. The monoisotopic (exact) mass is 148 g/mol. The van der Waals surface area contributed by atoms with Crippen LogP contribution in [0.25, 0.3) is 0 Å². The Morgan fingerprint density at radius 1 is 1.36 bits per heavy atom. The molecule has 2 heteroatoms. The fraction of sp³-hybridized carbons (Fsp3) is 0.222. The Morgan fingerprint density at radius 3 is 2.55 bits per heavy atom. The van der Waals surface area contributed by atoms with Gasteiger partial charge in [0.05, 0.1) is 5.71 Å². The van der Waals surface area contributed by atoms with E-state index in [0.717, 1.165) is 11.3 Å². The first-order valence-corrected chi connectivity index (χ1v) is 3.56. The molecule has 0 saturated carbocycles. The quantitative estimate of drug-likeness (QED) is 0.367. The number of nitrogens with two attached hydrogens (primary N) is 1. The molecule has 1 rings (SSSR count). The van der Waals surface area contributed by atoms with Gasteiger partial charge < -0.3 is 5.84 Å². The summed E-state index contributed by atoms with van der Waals surface area (Å²) in [5.74, 6) is 5.16. The lowest BCUT2D eigenvalue weighted by Crippen LogP contribution is -2.00. The standard InChI is InChI=1S/C9H12N2/c1-7-5-3-4-6-9(7)8(2)11-10/h3-6H,10H2,1-2H3/b11-8-. The van der Waals surface area contributed by atoms with E-state index in [-0.39, 0.29) is 0 Å². The molecule has 0 atom stereocenters. The topological polar surface area (TPSA) is 38.4 Å². The Bertz CT molecular complexity index is 277. The molecule has 0 aromatic heterocycles. The van der Waals surface area contributed by atoms with E-state index in [9.17, 15) is 0 Å². The zero-order chi connectivity index (χ0) is 8.27. The first kappa shape index (κ1) is 7.79. The van der Waals surface area contributed by atoms with Gasteiger partial charge in [-0.15, -0.1) is 0 Å². The average Bonchev–Trinajstić information content (AvgIpc) is 2.04. The van der Waals surface area contributed by atoms with Crippen molar-refractivity contribution in [1.29, 1.82) is 0 Å². The molecule has 0 saturated heterocycles. The molecule has 0 aliphatic carbocycles. The van der Waals surface area contributed by atoms with Crippen LogP contribution in [0, 0.1) is 6.92 Å². The molecule has 1 aromatic carbocycles. The molecule has 2 nitrogen and oxygen atoms in total. The van der Waals surface area contributed by atoms with E-state index < -0.39 is 0 Å². The lowest BCUT2D eigenvalue weighted by Gasteiger charge is -2.01. The van der Waals surface area contributed by atoms with Gasteiger partial charge in [-0.05, 0) is 19.4 Å². The summed E-state index contributed by atoms with van der Waals surface area (Å²) in [4.78, 5) is 0. The highest BCUT2D eigenvalue weighted by atomic mass is 15.1. The summed E-state index contributed by atoms with van der Waals surface area (Å²) in [5.41, 5.74) is 3.21. The molecule has 0 aliphatic rings. The predicted octanol–water partition coefficient (Wildman–Crippen LogP) is 1.68. The van der Waals surface area contributed by atoms with Gasteiger partial charge in [0, 0.05) is 5.56 Å². The van der Waals surface area contributed by atoms with Gasteiger partial charge in [-0.2, -0.15) is 5.10 Å². The highest BCUT2D eigenvalue weighted by molar-refractivity contribution is 5.99. The van der Waals surface area contributed by atoms with Crippen LogP contribution in [0.5, 0.6) is 0 Å². The molecule has 0 spiro atoms. The third kappa shape index (κ3) is 1.58. The van der Waals surface area contributed by atoms with E-state index in [1.165, 1.54) is 5.56 Å². The molecule has 0 aliphatic heterocycles. The summed E-state index contributed by atoms with van der Waals surface area (Å²) in [7, 11) is 0. The molecule has 0 fully saturated rings. The van der Waals surface area contributed by atoms with Gasteiger partial charge in [-0.25, -0.2) is 0 Å². The Labute approximate surface area is 66.7 Å². The molecule has 0 radical (unpaired) electrons. The van der Waals surface area contributed by atoms with Gasteiger partial charge >= 0.3 is 0 Å². The maximum Gasteiger partial charge on any atom is 0.0644 e. The van der Waals surface area contributed by atoms with Crippen LogP contribution < -0.4 is 5.84 Å². The van der Waals surface area contributed by atoms with Crippen molar-refractivity contribution in [3.8, 4) is 0 Å². The number of nitrogens with zero attached hydrogens (tertiary/aromatic N) is 1. The van der Waals surface area contributed by atoms with Crippen molar-refractivity contribution < 1.29 is 0 Å². The minimum absolute atomic E-state index is 0.878. The molecule has 0 bridgehead atoms. The largest absolute Gasteiger partial charge is 0.323 e. The van der Waals surface area contributed by atoms with Crippen LogP contribution in [0.3, 0.4) is 0 Å². The second-order valence-corrected chi connectivity index (χ2v) is 2.53. The minimum atomic E-state index is 0.878. The van der Waals surface area contributed by atoms with Gasteiger partial charge in [0.1, 0.15) is 0 Å². The Kier molecular flexibility index (Phi) is 2.26. The van der Waals surface area contributed by atoms with Gasteiger partial charge in [0.25, 0.3) is 0 Å². The first-order chi connectivity index (χ1) is 5.25. The van der Waals surface area contributed by atoms with Crippen LogP contribution in [0.4, 0.5) is 0 Å². The third-order valence-corrected chi connectivity index (χ3v) is 1.73. The summed E-state index contributed by atoms with van der Waals surface area (Å²) in [6, 6.07) is 8.05. The van der Waals surface area contributed by atoms with Gasteiger partial charge in [-0.1, -0.05) is 24.3 Å². The second-order valence-electron chi connectivity index (χ2n) is 2.53. The minimum Gasteiger partial charge on any atom is -0.323 e. The van der Waals surface area contributed by atoms with E-state index in [4.69, 9.17) is 5.84 Å². The highest BCUT2D eigenvalue weighted by Gasteiger charge is 1.98. The number of rotatable bonds is 1. The molecule has 0 amide bonds. The van der Waals surface area contributed by atoms with Crippen molar-refractivity contribution in [3.63, 3.8) is 0 Å². The zero-order valence-electron chi connectivity index (χ0n) is 6.83. The van der Waals surface area contributed by atoms with E-state index in [2.05, 4.69) is 5.10 Å². The van der Waals surface area contributed by atoms with E-state index >= 15 is 0 Å². The Balaban J connectivity index is 3.14. The smallest absolute Gasteiger partial charge is 0.0644 e. The lowest BCUT2D eigenvalue weighted by atomic mass is 10.1. The fourth-order valence-electron chi connectivity index (χ4n) is 1.05. The molecular formula is C9H12N2. The van der Waals surface area contributed by atoms with Crippen LogP contribution >= 0.6 is 0 Å². The third-order valence-electron chi connectivity index (χ3n) is 1.73.